The fourth-order valence-electron chi connectivity index (χ4n) is 3.10. The van der Waals surface area contributed by atoms with Crippen LogP contribution in [0.25, 0.3) is 0 Å². The van der Waals surface area contributed by atoms with Crippen LogP contribution in [0.4, 0.5) is 0 Å². The predicted molar refractivity (Wildman–Crippen MR) is 90.4 cm³/mol. The minimum absolute atomic E-state index is 0.0589. The zero-order valence-electron chi connectivity index (χ0n) is 14.5. The van der Waals surface area contributed by atoms with Gasteiger partial charge in [-0.1, -0.05) is 23.8 Å². The van der Waals surface area contributed by atoms with Crippen LogP contribution in [-0.4, -0.2) is 44.8 Å². The number of carbonyl (C=O) groups excluding carboxylic acids is 1. The van der Waals surface area contributed by atoms with Crippen LogP contribution in [0, 0.1) is 13.8 Å². The molecule has 2 aromatic rings. The molecule has 0 saturated carbocycles. The number of amides is 1. The zero-order chi connectivity index (χ0) is 17.1. The van der Waals surface area contributed by atoms with Gasteiger partial charge in [0.25, 0.3) is 0 Å². The number of nitrogens with zero attached hydrogens (tertiary/aromatic N) is 4. The average molecular weight is 328 g/mol. The first-order valence-corrected chi connectivity index (χ1v) is 8.35. The highest BCUT2D eigenvalue weighted by atomic mass is 16.5. The van der Waals surface area contributed by atoms with Crippen LogP contribution < -0.4 is 0 Å². The molecule has 1 aliphatic rings. The second-order valence-electron chi connectivity index (χ2n) is 6.49. The Balaban J connectivity index is 1.68. The number of hydrogen-bond acceptors (Lipinski definition) is 4. The molecule has 128 valence electrons. The lowest BCUT2D eigenvalue weighted by Crippen LogP contribution is -2.48. The fraction of sp³-hybridized carbons (Fsp3) is 0.500. The standard InChI is InChI=1S/C18H24N4O2/c1-13-4-5-14(2)16(8-13)17-9-22(15(3)10-24-17)18(23)6-7-21-12-19-11-20-21/h4-5,8,11-12,15,17H,6-7,9-10H2,1-3H3. The molecule has 2 unspecified atom stereocenters. The minimum atomic E-state index is -0.0589. The molecule has 1 aliphatic heterocycles. The fourth-order valence-corrected chi connectivity index (χ4v) is 3.10. The molecular weight excluding hydrogens is 304 g/mol. The smallest absolute Gasteiger partial charge is 0.224 e. The Labute approximate surface area is 142 Å². The van der Waals surface area contributed by atoms with Gasteiger partial charge in [0, 0.05) is 6.42 Å². The molecule has 0 bridgehead atoms. The van der Waals surface area contributed by atoms with Gasteiger partial charge in [-0.15, -0.1) is 0 Å². The van der Waals surface area contributed by atoms with Crippen LogP contribution in [0.2, 0.25) is 0 Å². The summed E-state index contributed by atoms with van der Waals surface area (Å²) in [6.45, 7) is 7.92. The van der Waals surface area contributed by atoms with E-state index in [4.69, 9.17) is 4.74 Å². The van der Waals surface area contributed by atoms with E-state index in [9.17, 15) is 4.79 Å². The van der Waals surface area contributed by atoms with E-state index in [2.05, 4.69) is 42.1 Å². The van der Waals surface area contributed by atoms with Gasteiger partial charge < -0.3 is 9.64 Å². The van der Waals surface area contributed by atoms with Gasteiger partial charge in [0.2, 0.25) is 5.91 Å². The quantitative estimate of drug-likeness (QED) is 0.864. The van der Waals surface area contributed by atoms with Crippen LogP contribution in [0.3, 0.4) is 0 Å². The molecule has 0 radical (unpaired) electrons. The van der Waals surface area contributed by atoms with Crippen molar-refractivity contribution in [1.29, 1.82) is 0 Å². The first kappa shape index (κ1) is 16.6. The number of carbonyl (C=O) groups is 1. The Morgan fingerprint density at radius 1 is 1.38 bits per heavy atom. The van der Waals surface area contributed by atoms with E-state index in [1.54, 1.807) is 11.0 Å². The van der Waals surface area contributed by atoms with Crippen LogP contribution in [0.5, 0.6) is 0 Å². The Hall–Kier alpha value is -2.21. The van der Waals surface area contributed by atoms with Crippen molar-refractivity contribution in [2.75, 3.05) is 13.2 Å². The third kappa shape index (κ3) is 3.64. The molecule has 1 saturated heterocycles. The Morgan fingerprint density at radius 3 is 2.96 bits per heavy atom. The molecule has 2 heterocycles. The van der Waals surface area contributed by atoms with E-state index < -0.39 is 0 Å². The molecule has 3 rings (SSSR count). The maximum Gasteiger partial charge on any atom is 0.224 e. The SMILES string of the molecule is Cc1ccc(C)c(C2CN(C(=O)CCn3cncn3)C(C)CO2)c1. The average Bonchev–Trinajstić information content (AvgIpc) is 3.09. The Bertz CT molecular complexity index is 699. The highest BCUT2D eigenvalue weighted by Crippen LogP contribution is 2.28. The Morgan fingerprint density at radius 2 is 2.21 bits per heavy atom. The lowest BCUT2D eigenvalue weighted by molar-refractivity contribution is -0.144. The predicted octanol–water partition coefficient (Wildman–Crippen LogP) is 2.27. The summed E-state index contributed by atoms with van der Waals surface area (Å²) in [5.41, 5.74) is 3.59. The van der Waals surface area contributed by atoms with Crippen LogP contribution in [-0.2, 0) is 16.1 Å². The number of aromatic nitrogens is 3. The number of benzene rings is 1. The van der Waals surface area contributed by atoms with Gasteiger partial charge in [0.15, 0.2) is 0 Å². The van der Waals surface area contributed by atoms with E-state index in [-0.39, 0.29) is 18.1 Å². The van der Waals surface area contributed by atoms with Gasteiger partial charge in [-0.05, 0) is 31.9 Å². The summed E-state index contributed by atoms with van der Waals surface area (Å²) in [4.78, 5) is 18.5. The van der Waals surface area contributed by atoms with Crippen LogP contribution >= 0.6 is 0 Å². The molecule has 1 fully saturated rings. The first-order chi connectivity index (χ1) is 11.5. The van der Waals surface area contributed by atoms with Gasteiger partial charge in [-0.25, -0.2) is 4.98 Å². The van der Waals surface area contributed by atoms with E-state index >= 15 is 0 Å². The highest BCUT2D eigenvalue weighted by molar-refractivity contribution is 5.76. The summed E-state index contributed by atoms with van der Waals surface area (Å²) < 4.78 is 7.71. The highest BCUT2D eigenvalue weighted by Gasteiger charge is 2.30. The summed E-state index contributed by atoms with van der Waals surface area (Å²) >= 11 is 0. The normalized spacial score (nSPS) is 21.0. The molecule has 0 aliphatic carbocycles. The third-order valence-corrected chi connectivity index (χ3v) is 4.56. The molecule has 0 spiro atoms. The maximum absolute atomic E-state index is 12.6. The third-order valence-electron chi connectivity index (χ3n) is 4.56. The summed E-state index contributed by atoms with van der Waals surface area (Å²) in [5, 5.41) is 4.05. The topological polar surface area (TPSA) is 60.2 Å². The van der Waals surface area contributed by atoms with Gasteiger partial charge in [0.1, 0.15) is 18.8 Å². The van der Waals surface area contributed by atoms with E-state index in [0.717, 1.165) is 0 Å². The molecule has 1 amide bonds. The van der Waals surface area contributed by atoms with Crippen molar-refractivity contribution in [3.63, 3.8) is 0 Å². The van der Waals surface area contributed by atoms with E-state index in [1.165, 1.54) is 23.0 Å². The van der Waals surface area contributed by atoms with Crippen LogP contribution in [0.1, 0.15) is 36.1 Å². The second-order valence-corrected chi connectivity index (χ2v) is 6.49. The molecule has 1 aromatic heterocycles. The van der Waals surface area contributed by atoms with Crippen molar-refractivity contribution in [2.45, 2.75) is 45.9 Å². The van der Waals surface area contributed by atoms with Gasteiger partial charge in [0.05, 0.1) is 25.7 Å². The monoisotopic (exact) mass is 328 g/mol. The van der Waals surface area contributed by atoms with Crippen molar-refractivity contribution in [1.82, 2.24) is 19.7 Å². The van der Waals surface area contributed by atoms with E-state index in [0.29, 0.717) is 26.1 Å². The largest absolute Gasteiger partial charge is 0.370 e. The van der Waals surface area contributed by atoms with Gasteiger partial charge in [-0.3, -0.25) is 9.48 Å². The summed E-state index contributed by atoms with van der Waals surface area (Å²) in [7, 11) is 0. The maximum atomic E-state index is 12.6. The molecule has 2 atom stereocenters. The van der Waals surface area contributed by atoms with Crippen molar-refractivity contribution < 1.29 is 9.53 Å². The van der Waals surface area contributed by atoms with Crippen molar-refractivity contribution in [2.24, 2.45) is 0 Å². The van der Waals surface area contributed by atoms with Gasteiger partial charge in [-0.2, -0.15) is 5.10 Å². The summed E-state index contributed by atoms with van der Waals surface area (Å²) in [6, 6.07) is 6.47. The van der Waals surface area contributed by atoms with Crippen molar-refractivity contribution in [3.8, 4) is 0 Å². The molecule has 0 N–H and O–H groups in total. The number of rotatable bonds is 4. The number of morpholine rings is 1. The summed E-state index contributed by atoms with van der Waals surface area (Å²) in [6.07, 6.45) is 3.48. The molecule has 24 heavy (non-hydrogen) atoms. The molecule has 6 nitrogen and oxygen atoms in total. The molecular formula is C18H24N4O2. The second kappa shape index (κ2) is 7.13. The summed E-state index contributed by atoms with van der Waals surface area (Å²) in [5.74, 6) is 0.136. The van der Waals surface area contributed by atoms with Crippen molar-refractivity contribution >= 4 is 5.91 Å². The first-order valence-electron chi connectivity index (χ1n) is 8.35. The lowest BCUT2D eigenvalue weighted by atomic mass is 9.98. The minimum Gasteiger partial charge on any atom is -0.370 e. The molecule has 6 heteroatoms. The number of aryl methyl sites for hydroxylation is 3. The zero-order valence-corrected chi connectivity index (χ0v) is 14.5. The molecule has 1 aromatic carbocycles. The number of hydrogen-bond donors (Lipinski definition) is 0. The lowest BCUT2D eigenvalue weighted by Gasteiger charge is -2.38. The van der Waals surface area contributed by atoms with Crippen LogP contribution in [0.15, 0.2) is 30.9 Å². The Kier molecular flexibility index (Phi) is 4.94. The van der Waals surface area contributed by atoms with E-state index in [1.807, 2.05) is 11.8 Å². The van der Waals surface area contributed by atoms with Crippen molar-refractivity contribution in [3.05, 3.63) is 47.5 Å². The van der Waals surface area contributed by atoms with Gasteiger partial charge >= 0.3 is 0 Å². The number of ether oxygens (including phenoxy) is 1.